The number of rotatable bonds is 6. The molecule has 25 heavy (non-hydrogen) atoms. The zero-order valence-corrected chi connectivity index (χ0v) is 14.7. The number of carbonyl (C=O) groups is 2. The van der Waals surface area contributed by atoms with E-state index in [0.717, 1.165) is 9.87 Å². The lowest BCUT2D eigenvalue weighted by Crippen LogP contribution is -2.38. The van der Waals surface area contributed by atoms with Crippen LogP contribution in [0.2, 0.25) is 0 Å². The quantitative estimate of drug-likeness (QED) is 0.815. The van der Waals surface area contributed by atoms with Gasteiger partial charge in [-0.15, -0.1) is 0 Å². The number of nitrogens with one attached hydrogen (secondary N) is 1. The third-order valence-electron chi connectivity index (χ3n) is 3.35. The Bertz CT molecular complexity index is 892. The summed E-state index contributed by atoms with van der Waals surface area (Å²) in [4.78, 5) is 22.4. The number of hydrogen-bond acceptors (Lipinski definition) is 4. The van der Waals surface area contributed by atoms with Crippen molar-refractivity contribution in [3.63, 3.8) is 0 Å². The maximum atomic E-state index is 12.9. The van der Waals surface area contributed by atoms with Crippen LogP contribution in [0.25, 0.3) is 0 Å². The summed E-state index contributed by atoms with van der Waals surface area (Å²) in [5, 5.41) is 2.56. The van der Waals surface area contributed by atoms with Crippen molar-refractivity contribution in [2.24, 2.45) is 5.73 Å². The minimum atomic E-state index is -3.99. The number of sulfonamides is 1. The maximum absolute atomic E-state index is 12.9. The summed E-state index contributed by atoms with van der Waals surface area (Å²) in [5.41, 5.74) is 6.91. The predicted octanol–water partition coefficient (Wildman–Crippen LogP) is 1.63. The fraction of sp³-hybridized carbons (Fsp3) is 0.176. The topological polar surface area (TPSA) is 110 Å². The van der Waals surface area contributed by atoms with Crippen LogP contribution in [0, 0.1) is 6.92 Å². The highest BCUT2D eigenvalue weighted by atomic mass is 32.2. The van der Waals surface area contributed by atoms with Gasteiger partial charge < -0.3 is 11.1 Å². The fourth-order valence-electron chi connectivity index (χ4n) is 2.28. The Balaban J connectivity index is 2.44. The van der Waals surface area contributed by atoms with Crippen LogP contribution in [0.1, 0.15) is 12.5 Å². The van der Waals surface area contributed by atoms with E-state index in [9.17, 15) is 18.0 Å². The molecule has 7 nitrogen and oxygen atoms in total. The summed E-state index contributed by atoms with van der Waals surface area (Å²) in [6.07, 6.45) is 0. The molecular weight excluding hydrogens is 342 g/mol. The average molecular weight is 361 g/mol. The van der Waals surface area contributed by atoms with Gasteiger partial charge in [-0.1, -0.05) is 12.1 Å². The SMILES string of the molecule is CC(=O)Nc1ccc(S(=O)(=O)N(CC(N)=O)c2cccc(C)c2)cc1. The molecule has 132 valence electrons. The highest BCUT2D eigenvalue weighted by Gasteiger charge is 2.26. The molecule has 0 saturated heterocycles. The highest BCUT2D eigenvalue weighted by Crippen LogP contribution is 2.25. The number of anilines is 2. The second-order valence-corrected chi connectivity index (χ2v) is 7.38. The summed E-state index contributed by atoms with van der Waals surface area (Å²) >= 11 is 0. The predicted molar refractivity (Wildman–Crippen MR) is 95.7 cm³/mol. The molecule has 0 aliphatic rings. The third-order valence-corrected chi connectivity index (χ3v) is 5.14. The van der Waals surface area contributed by atoms with Crippen LogP contribution in [0.5, 0.6) is 0 Å². The van der Waals surface area contributed by atoms with Gasteiger partial charge in [0.25, 0.3) is 10.0 Å². The van der Waals surface area contributed by atoms with E-state index in [1.807, 2.05) is 13.0 Å². The molecule has 0 atom stereocenters. The lowest BCUT2D eigenvalue weighted by molar-refractivity contribution is -0.116. The highest BCUT2D eigenvalue weighted by molar-refractivity contribution is 7.92. The second-order valence-electron chi connectivity index (χ2n) is 5.52. The summed E-state index contributed by atoms with van der Waals surface area (Å²) < 4.78 is 26.9. The van der Waals surface area contributed by atoms with Crippen molar-refractivity contribution in [2.45, 2.75) is 18.7 Å². The Labute approximate surface area is 146 Å². The smallest absolute Gasteiger partial charge is 0.264 e. The van der Waals surface area contributed by atoms with E-state index in [4.69, 9.17) is 5.73 Å². The van der Waals surface area contributed by atoms with Gasteiger partial charge in [-0.3, -0.25) is 13.9 Å². The summed E-state index contributed by atoms with van der Waals surface area (Å²) in [7, 11) is -3.99. The lowest BCUT2D eigenvalue weighted by Gasteiger charge is -2.23. The third kappa shape index (κ3) is 4.57. The van der Waals surface area contributed by atoms with E-state index in [1.165, 1.54) is 31.2 Å². The van der Waals surface area contributed by atoms with Gasteiger partial charge in [-0.2, -0.15) is 0 Å². The van der Waals surface area contributed by atoms with Gasteiger partial charge >= 0.3 is 0 Å². The van der Waals surface area contributed by atoms with Gasteiger partial charge in [0.2, 0.25) is 11.8 Å². The number of nitrogens with zero attached hydrogens (tertiary/aromatic N) is 1. The zero-order valence-electron chi connectivity index (χ0n) is 13.9. The van der Waals surface area contributed by atoms with Crippen molar-refractivity contribution in [2.75, 3.05) is 16.2 Å². The van der Waals surface area contributed by atoms with E-state index >= 15 is 0 Å². The Morgan fingerprint density at radius 2 is 1.76 bits per heavy atom. The van der Waals surface area contributed by atoms with Crippen LogP contribution in [-0.4, -0.2) is 26.8 Å². The van der Waals surface area contributed by atoms with Gasteiger partial charge in [0.05, 0.1) is 10.6 Å². The van der Waals surface area contributed by atoms with Crippen molar-refractivity contribution in [1.82, 2.24) is 0 Å². The Morgan fingerprint density at radius 3 is 2.28 bits per heavy atom. The molecule has 0 aromatic heterocycles. The lowest BCUT2D eigenvalue weighted by atomic mass is 10.2. The summed E-state index contributed by atoms with van der Waals surface area (Å²) in [5.74, 6) is -1.02. The van der Waals surface area contributed by atoms with Gasteiger partial charge in [0.1, 0.15) is 6.54 Å². The Kier molecular flexibility index (Phi) is 5.43. The Hall–Kier alpha value is -2.87. The molecule has 8 heteroatoms. The molecule has 0 heterocycles. The van der Waals surface area contributed by atoms with Crippen LogP contribution in [0.4, 0.5) is 11.4 Å². The van der Waals surface area contributed by atoms with Crippen molar-refractivity contribution < 1.29 is 18.0 Å². The van der Waals surface area contributed by atoms with E-state index in [0.29, 0.717) is 11.4 Å². The molecule has 0 bridgehead atoms. The largest absolute Gasteiger partial charge is 0.368 e. The molecule has 0 saturated carbocycles. The first kappa shape index (κ1) is 18.5. The van der Waals surface area contributed by atoms with Gasteiger partial charge in [0.15, 0.2) is 0 Å². The van der Waals surface area contributed by atoms with E-state index in [-0.39, 0.29) is 10.8 Å². The fourth-order valence-corrected chi connectivity index (χ4v) is 3.70. The summed E-state index contributed by atoms with van der Waals surface area (Å²) in [6, 6.07) is 12.5. The number of primary amides is 1. The van der Waals surface area contributed by atoms with E-state index in [1.54, 1.807) is 18.2 Å². The molecule has 0 unspecified atom stereocenters. The second kappa shape index (κ2) is 7.35. The van der Waals surface area contributed by atoms with Crippen molar-refractivity contribution in [1.29, 1.82) is 0 Å². The first-order valence-corrected chi connectivity index (χ1v) is 8.89. The maximum Gasteiger partial charge on any atom is 0.264 e. The number of carbonyl (C=O) groups excluding carboxylic acids is 2. The number of benzene rings is 2. The van der Waals surface area contributed by atoms with Gasteiger partial charge in [-0.05, 0) is 48.9 Å². The van der Waals surface area contributed by atoms with Crippen LogP contribution < -0.4 is 15.4 Å². The standard InChI is InChI=1S/C17H19N3O4S/c1-12-4-3-5-15(10-12)20(11-17(18)22)25(23,24)16-8-6-14(7-9-16)19-13(2)21/h3-10H,11H2,1-2H3,(H2,18,22)(H,19,21). The van der Waals surface area contributed by atoms with Gasteiger partial charge in [0, 0.05) is 12.6 Å². The van der Waals surface area contributed by atoms with Crippen LogP contribution in [0.3, 0.4) is 0 Å². The van der Waals surface area contributed by atoms with Gasteiger partial charge in [-0.25, -0.2) is 8.42 Å². The minimum absolute atomic E-state index is 0.00985. The van der Waals surface area contributed by atoms with E-state index < -0.39 is 22.5 Å². The number of amides is 2. The first-order chi connectivity index (χ1) is 11.7. The van der Waals surface area contributed by atoms with Crippen LogP contribution >= 0.6 is 0 Å². The zero-order chi connectivity index (χ0) is 18.6. The number of aryl methyl sites for hydroxylation is 1. The summed E-state index contributed by atoms with van der Waals surface area (Å²) in [6.45, 7) is 2.71. The molecule has 2 aromatic rings. The molecule has 2 aromatic carbocycles. The monoisotopic (exact) mass is 361 g/mol. The molecule has 2 amide bonds. The molecule has 0 radical (unpaired) electrons. The van der Waals surface area contributed by atoms with Crippen molar-refractivity contribution >= 4 is 33.2 Å². The number of nitrogens with two attached hydrogens (primary N) is 1. The first-order valence-electron chi connectivity index (χ1n) is 7.45. The van der Waals surface area contributed by atoms with Crippen molar-refractivity contribution in [3.05, 3.63) is 54.1 Å². The molecule has 0 spiro atoms. The molecule has 0 aliphatic carbocycles. The molecule has 3 N–H and O–H groups in total. The number of hydrogen-bond donors (Lipinski definition) is 2. The molecule has 2 rings (SSSR count). The molecule has 0 fully saturated rings. The van der Waals surface area contributed by atoms with Crippen molar-refractivity contribution in [3.8, 4) is 0 Å². The average Bonchev–Trinajstić information content (AvgIpc) is 2.52. The van der Waals surface area contributed by atoms with E-state index in [2.05, 4.69) is 5.32 Å². The molecule has 0 aliphatic heterocycles. The normalized spacial score (nSPS) is 11.0. The Morgan fingerprint density at radius 1 is 1.12 bits per heavy atom. The molecular formula is C17H19N3O4S. The minimum Gasteiger partial charge on any atom is -0.368 e. The van der Waals surface area contributed by atoms with Crippen LogP contribution in [-0.2, 0) is 19.6 Å². The van der Waals surface area contributed by atoms with Crippen LogP contribution in [0.15, 0.2) is 53.4 Å².